The van der Waals surface area contributed by atoms with Gasteiger partial charge in [-0.25, -0.2) is 0 Å². The SMILES string of the molecule is Cc1nn(CCCNC(=O)Cn2cc([N+](=O)[O-])c(C)n2)cc1Br. The van der Waals surface area contributed by atoms with Crippen molar-refractivity contribution >= 4 is 27.5 Å². The standard InChI is InChI=1S/C13H17BrN6O3/c1-9-11(14)6-18(16-9)5-3-4-15-13(21)8-19-7-12(20(22)23)10(2)17-19/h6-7H,3-5,8H2,1-2H3,(H,15,21). The molecule has 0 aromatic carbocycles. The van der Waals surface area contributed by atoms with Crippen molar-refractivity contribution in [3.63, 3.8) is 0 Å². The van der Waals surface area contributed by atoms with E-state index in [2.05, 4.69) is 31.4 Å². The Morgan fingerprint density at radius 1 is 1.30 bits per heavy atom. The third-order valence-corrected chi connectivity index (χ3v) is 3.97. The molecule has 2 rings (SSSR count). The summed E-state index contributed by atoms with van der Waals surface area (Å²) in [5, 5.41) is 21.7. The lowest BCUT2D eigenvalue weighted by Crippen LogP contribution is -2.29. The van der Waals surface area contributed by atoms with Crippen molar-refractivity contribution in [3.05, 3.63) is 38.4 Å². The Morgan fingerprint density at radius 2 is 2.00 bits per heavy atom. The molecule has 0 aliphatic carbocycles. The Bertz CT molecular complexity index is 704. The molecule has 0 saturated heterocycles. The average molecular weight is 385 g/mol. The zero-order valence-electron chi connectivity index (χ0n) is 12.8. The highest BCUT2D eigenvalue weighted by molar-refractivity contribution is 9.10. The molecule has 1 amide bonds. The summed E-state index contributed by atoms with van der Waals surface area (Å²) in [5.41, 5.74) is 1.13. The molecule has 0 atom stereocenters. The van der Waals surface area contributed by atoms with E-state index in [0.29, 0.717) is 18.8 Å². The van der Waals surface area contributed by atoms with Crippen LogP contribution in [-0.4, -0.2) is 36.9 Å². The minimum absolute atomic E-state index is 0.0406. The first-order valence-corrected chi connectivity index (χ1v) is 7.81. The van der Waals surface area contributed by atoms with E-state index in [1.165, 1.54) is 17.8 Å². The van der Waals surface area contributed by atoms with E-state index in [0.717, 1.165) is 16.6 Å². The van der Waals surface area contributed by atoms with Crippen LogP contribution in [0.4, 0.5) is 5.69 Å². The predicted octanol–water partition coefficient (Wildman–Crippen LogP) is 1.57. The molecule has 0 spiro atoms. The summed E-state index contributed by atoms with van der Waals surface area (Å²) in [6.45, 7) is 4.60. The van der Waals surface area contributed by atoms with Crippen LogP contribution < -0.4 is 5.32 Å². The molecule has 2 aromatic heterocycles. The number of halogens is 1. The van der Waals surface area contributed by atoms with E-state index in [1.54, 1.807) is 0 Å². The van der Waals surface area contributed by atoms with E-state index in [4.69, 9.17) is 0 Å². The van der Waals surface area contributed by atoms with Gasteiger partial charge in [-0.2, -0.15) is 10.2 Å². The number of nitro groups is 1. The molecule has 2 aromatic rings. The van der Waals surface area contributed by atoms with E-state index < -0.39 is 4.92 Å². The summed E-state index contributed by atoms with van der Waals surface area (Å²) in [4.78, 5) is 22.0. The molecule has 0 radical (unpaired) electrons. The van der Waals surface area contributed by atoms with Crippen molar-refractivity contribution in [2.75, 3.05) is 6.54 Å². The molecule has 0 aliphatic rings. The van der Waals surface area contributed by atoms with Crippen LogP contribution in [0, 0.1) is 24.0 Å². The van der Waals surface area contributed by atoms with Crippen LogP contribution in [0.25, 0.3) is 0 Å². The van der Waals surface area contributed by atoms with Crippen molar-refractivity contribution in [1.82, 2.24) is 24.9 Å². The minimum Gasteiger partial charge on any atom is -0.354 e. The maximum absolute atomic E-state index is 11.8. The van der Waals surface area contributed by atoms with Gasteiger partial charge >= 0.3 is 5.69 Å². The summed E-state index contributed by atoms with van der Waals surface area (Å²) < 4.78 is 4.04. The lowest BCUT2D eigenvalue weighted by molar-refractivity contribution is -0.385. The first kappa shape index (κ1) is 17.1. The number of nitrogens with zero attached hydrogens (tertiary/aromatic N) is 5. The second-order valence-corrected chi connectivity index (χ2v) is 5.94. The Kier molecular flexibility index (Phi) is 5.48. The molecule has 0 aliphatic heterocycles. The Morgan fingerprint density at radius 3 is 2.57 bits per heavy atom. The molecule has 0 unspecified atom stereocenters. The monoisotopic (exact) mass is 384 g/mol. The number of carbonyl (C=O) groups excluding carboxylic acids is 1. The van der Waals surface area contributed by atoms with Crippen LogP contribution in [0.15, 0.2) is 16.9 Å². The quantitative estimate of drug-likeness (QED) is 0.442. The van der Waals surface area contributed by atoms with Crippen molar-refractivity contribution in [2.45, 2.75) is 33.4 Å². The van der Waals surface area contributed by atoms with Gasteiger partial charge in [0, 0.05) is 19.3 Å². The van der Waals surface area contributed by atoms with E-state index in [9.17, 15) is 14.9 Å². The average Bonchev–Trinajstić information content (AvgIpc) is 2.98. The van der Waals surface area contributed by atoms with Crippen LogP contribution in [0.5, 0.6) is 0 Å². The van der Waals surface area contributed by atoms with Gasteiger partial charge in [-0.3, -0.25) is 24.3 Å². The summed E-state index contributed by atoms with van der Waals surface area (Å²) in [6, 6.07) is 0. The number of nitrogens with one attached hydrogen (secondary N) is 1. The van der Waals surface area contributed by atoms with Crippen molar-refractivity contribution in [1.29, 1.82) is 0 Å². The molecule has 0 bridgehead atoms. The maximum atomic E-state index is 11.8. The summed E-state index contributed by atoms with van der Waals surface area (Å²) in [6.07, 6.45) is 3.89. The Labute approximate surface area is 140 Å². The van der Waals surface area contributed by atoms with Gasteiger partial charge in [0.2, 0.25) is 5.91 Å². The fourth-order valence-electron chi connectivity index (χ4n) is 2.05. The Balaban J connectivity index is 1.75. The van der Waals surface area contributed by atoms with Crippen LogP contribution in [0.1, 0.15) is 17.8 Å². The van der Waals surface area contributed by atoms with Gasteiger partial charge in [-0.1, -0.05) is 0 Å². The summed E-state index contributed by atoms with van der Waals surface area (Å²) in [5.74, 6) is -0.236. The van der Waals surface area contributed by atoms with Gasteiger partial charge in [0.1, 0.15) is 18.4 Å². The number of rotatable bonds is 7. The fourth-order valence-corrected chi connectivity index (χ4v) is 2.36. The molecular formula is C13H17BrN6O3. The summed E-state index contributed by atoms with van der Waals surface area (Å²) in [7, 11) is 0. The molecule has 2 heterocycles. The highest BCUT2D eigenvalue weighted by Crippen LogP contribution is 2.15. The predicted molar refractivity (Wildman–Crippen MR) is 85.9 cm³/mol. The molecular weight excluding hydrogens is 368 g/mol. The lowest BCUT2D eigenvalue weighted by atomic mass is 10.4. The first-order chi connectivity index (χ1) is 10.9. The number of aryl methyl sites for hydroxylation is 3. The van der Waals surface area contributed by atoms with Crippen molar-refractivity contribution in [3.8, 4) is 0 Å². The normalized spacial score (nSPS) is 10.7. The second-order valence-electron chi connectivity index (χ2n) is 5.08. The molecule has 0 fully saturated rings. The maximum Gasteiger partial charge on any atom is 0.309 e. The van der Waals surface area contributed by atoms with Crippen LogP contribution in [-0.2, 0) is 17.9 Å². The molecule has 1 N–H and O–H groups in total. The molecule has 23 heavy (non-hydrogen) atoms. The summed E-state index contributed by atoms with van der Waals surface area (Å²) >= 11 is 3.39. The van der Waals surface area contributed by atoms with E-state index in [1.807, 2.05) is 17.8 Å². The number of aromatic nitrogens is 4. The van der Waals surface area contributed by atoms with Gasteiger partial charge in [-0.05, 0) is 36.2 Å². The molecule has 0 saturated carbocycles. The zero-order chi connectivity index (χ0) is 17.0. The second kappa shape index (κ2) is 7.36. The fraction of sp³-hybridized carbons (Fsp3) is 0.462. The third-order valence-electron chi connectivity index (χ3n) is 3.20. The van der Waals surface area contributed by atoms with E-state index >= 15 is 0 Å². The topological polar surface area (TPSA) is 108 Å². The third kappa shape index (κ3) is 4.62. The molecule has 124 valence electrons. The van der Waals surface area contributed by atoms with Crippen LogP contribution in [0.3, 0.4) is 0 Å². The Hall–Kier alpha value is -2.23. The van der Waals surface area contributed by atoms with Crippen molar-refractivity contribution in [2.24, 2.45) is 0 Å². The van der Waals surface area contributed by atoms with Gasteiger partial charge in [-0.15, -0.1) is 0 Å². The van der Waals surface area contributed by atoms with Crippen molar-refractivity contribution < 1.29 is 9.72 Å². The van der Waals surface area contributed by atoms with Gasteiger partial charge in [0.15, 0.2) is 0 Å². The number of hydrogen-bond donors (Lipinski definition) is 1. The lowest BCUT2D eigenvalue weighted by Gasteiger charge is -2.05. The number of amides is 1. The van der Waals surface area contributed by atoms with Gasteiger partial charge < -0.3 is 5.32 Å². The largest absolute Gasteiger partial charge is 0.354 e. The smallest absolute Gasteiger partial charge is 0.309 e. The van der Waals surface area contributed by atoms with Crippen LogP contribution in [0.2, 0.25) is 0 Å². The molecule has 10 heteroatoms. The molecule has 9 nitrogen and oxygen atoms in total. The van der Waals surface area contributed by atoms with Gasteiger partial charge in [0.05, 0.1) is 15.1 Å². The number of carbonyl (C=O) groups is 1. The first-order valence-electron chi connectivity index (χ1n) is 7.01. The highest BCUT2D eigenvalue weighted by Gasteiger charge is 2.16. The van der Waals surface area contributed by atoms with Crippen LogP contribution >= 0.6 is 15.9 Å². The number of hydrogen-bond acceptors (Lipinski definition) is 5. The highest BCUT2D eigenvalue weighted by atomic mass is 79.9. The zero-order valence-corrected chi connectivity index (χ0v) is 14.4. The van der Waals surface area contributed by atoms with E-state index in [-0.39, 0.29) is 18.1 Å². The van der Waals surface area contributed by atoms with Gasteiger partial charge in [0.25, 0.3) is 0 Å². The minimum atomic E-state index is -0.513.